The molecule has 1 aromatic rings. The molecule has 6 heteroatoms. The summed E-state index contributed by atoms with van der Waals surface area (Å²) >= 11 is 11.6. The van der Waals surface area contributed by atoms with E-state index >= 15 is 0 Å². The van der Waals surface area contributed by atoms with Gasteiger partial charge >= 0.3 is 6.03 Å². The number of carbonyl (C=O) groups excluding carboxylic acids is 1. The molecule has 0 bridgehead atoms. The monoisotopic (exact) mass is 262 g/mol. The number of hydrogen-bond acceptors (Lipinski definition) is 2. The summed E-state index contributed by atoms with van der Waals surface area (Å²) in [6.45, 7) is 1.75. The van der Waals surface area contributed by atoms with Crippen LogP contribution in [0, 0.1) is 0 Å². The number of urea groups is 1. The van der Waals surface area contributed by atoms with Gasteiger partial charge in [-0.2, -0.15) is 0 Å². The fourth-order valence-corrected chi connectivity index (χ4v) is 1.34. The van der Waals surface area contributed by atoms with Crippen LogP contribution >= 0.6 is 23.2 Å². The summed E-state index contributed by atoms with van der Waals surface area (Å²) in [4.78, 5) is 11.3. The average molecular weight is 263 g/mol. The van der Waals surface area contributed by atoms with Crippen LogP contribution < -0.4 is 10.6 Å². The maximum atomic E-state index is 11.3. The first-order valence-corrected chi connectivity index (χ1v) is 5.42. The van der Waals surface area contributed by atoms with Crippen LogP contribution in [0.3, 0.4) is 0 Å². The molecule has 0 aliphatic carbocycles. The number of anilines is 1. The number of aliphatic hydroxyl groups excluding tert-OH is 1. The van der Waals surface area contributed by atoms with Crippen molar-refractivity contribution in [3.05, 3.63) is 28.2 Å². The molecule has 1 atom stereocenters. The molecule has 88 valence electrons. The Hall–Kier alpha value is -0.970. The van der Waals surface area contributed by atoms with Gasteiger partial charge in [-0.05, 0) is 25.1 Å². The van der Waals surface area contributed by atoms with Gasteiger partial charge in [0, 0.05) is 11.6 Å². The van der Waals surface area contributed by atoms with E-state index in [0.717, 1.165) is 0 Å². The number of aliphatic hydroxyl groups is 1. The van der Waals surface area contributed by atoms with Gasteiger partial charge in [-0.3, -0.25) is 0 Å². The molecule has 0 heterocycles. The Balaban J connectivity index is 2.59. The summed E-state index contributed by atoms with van der Waals surface area (Å²) in [5.74, 6) is 0. The van der Waals surface area contributed by atoms with Gasteiger partial charge in [0.1, 0.15) is 0 Å². The van der Waals surface area contributed by atoms with Crippen molar-refractivity contribution in [1.29, 1.82) is 0 Å². The molecular formula is C10H12Cl2N2O2. The van der Waals surface area contributed by atoms with Crippen molar-refractivity contribution in [2.24, 2.45) is 0 Å². The van der Waals surface area contributed by atoms with Crippen LogP contribution in [0.5, 0.6) is 0 Å². The van der Waals surface area contributed by atoms with E-state index < -0.39 is 12.1 Å². The first-order chi connectivity index (χ1) is 7.49. The Labute approximate surface area is 104 Å². The zero-order valence-electron chi connectivity index (χ0n) is 8.63. The van der Waals surface area contributed by atoms with Crippen molar-refractivity contribution in [3.8, 4) is 0 Å². The van der Waals surface area contributed by atoms with Crippen LogP contribution in [0.2, 0.25) is 10.0 Å². The SMILES string of the molecule is CC(O)CNC(=O)Nc1cc(Cl)ccc1Cl. The number of benzene rings is 1. The number of hydrogen-bond donors (Lipinski definition) is 3. The van der Waals surface area contributed by atoms with Gasteiger partial charge in [0.2, 0.25) is 0 Å². The molecular weight excluding hydrogens is 251 g/mol. The molecule has 0 aliphatic rings. The summed E-state index contributed by atoms with van der Waals surface area (Å²) in [6.07, 6.45) is -0.597. The molecule has 0 saturated carbocycles. The van der Waals surface area contributed by atoms with E-state index in [1.165, 1.54) is 0 Å². The van der Waals surface area contributed by atoms with E-state index in [2.05, 4.69) is 10.6 Å². The number of nitrogens with one attached hydrogen (secondary N) is 2. The molecule has 2 amide bonds. The highest BCUT2D eigenvalue weighted by Gasteiger charge is 2.06. The quantitative estimate of drug-likeness (QED) is 0.784. The number of rotatable bonds is 3. The third kappa shape index (κ3) is 4.26. The van der Waals surface area contributed by atoms with Crippen molar-refractivity contribution in [3.63, 3.8) is 0 Å². The molecule has 0 aliphatic heterocycles. The van der Waals surface area contributed by atoms with Gasteiger partial charge < -0.3 is 15.7 Å². The lowest BCUT2D eigenvalue weighted by atomic mass is 10.3. The van der Waals surface area contributed by atoms with E-state index in [0.29, 0.717) is 15.7 Å². The van der Waals surface area contributed by atoms with Gasteiger partial charge in [0.15, 0.2) is 0 Å². The Morgan fingerprint density at radius 1 is 1.50 bits per heavy atom. The molecule has 1 unspecified atom stereocenters. The highest BCUT2D eigenvalue weighted by Crippen LogP contribution is 2.25. The van der Waals surface area contributed by atoms with Crippen molar-refractivity contribution < 1.29 is 9.90 Å². The van der Waals surface area contributed by atoms with Crippen LogP contribution in [0.15, 0.2) is 18.2 Å². The van der Waals surface area contributed by atoms with Crippen LogP contribution in [0.4, 0.5) is 10.5 Å². The molecule has 0 saturated heterocycles. The highest BCUT2D eigenvalue weighted by atomic mass is 35.5. The number of amides is 2. The summed E-state index contributed by atoms with van der Waals surface area (Å²) < 4.78 is 0. The molecule has 1 rings (SSSR count). The van der Waals surface area contributed by atoms with Crippen LogP contribution in [-0.2, 0) is 0 Å². The van der Waals surface area contributed by atoms with E-state index in [1.807, 2.05) is 0 Å². The molecule has 0 fully saturated rings. The second-order valence-corrected chi connectivity index (χ2v) is 4.15. The minimum atomic E-state index is -0.597. The summed E-state index contributed by atoms with van der Waals surface area (Å²) in [6, 6.07) is 4.33. The van der Waals surface area contributed by atoms with E-state index in [-0.39, 0.29) is 6.54 Å². The Morgan fingerprint density at radius 3 is 2.81 bits per heavy atom. The molecule has 1 aromatic carbocycles. The Morgan fingerprint density at radius 2 is 2.19 bits per heavy atom. The van der Waals surface area contributed by atoms with Crippen LogP contribution in [-0.4, -0.2) is 23.8 Å². The standard InChI is InChI=1S/C10H12Cl2N2O2/c1-6(15)5-13-10(16)14-9-4-7(11)2-3-8(9)12/h2-4,6,15H,5H2,1H3,(H2,13,14,16). The molecule has 3 N–H and O–H groups in total. The second-order valence-electron chi connectivity index (χ2n) is 3.31. The van der Waals surface area contributed by atoms with Crippen molar-refractivity contribution in [1.82, 2.24) is 5.32 Å². The normalized spacial score (nSPS) is 12.0. The van der Waals surface area contributed by atoms with Crippen molar-refractivity contribution >= 4 is 34.9 Å². The number of halogens is 2. The third-order valence-electron chi connectivity index (χ3n) is 1.73. The zero-order chi connectivity index (χ0) is 12.1. The largest absolute Gasteiger partial charge is 0.392 e. The van der Waals surface area contributed by atoms with Crippen molar-refractivity contribution in [2.45, 2.75) is 13.0 Å². The topological polar surface area (TPSA) is 61.4 Å². The van der Waals surface area contributed by atoms with E-state index in [9.17, 15) is 4.79 Å². The highest BCUT2D eigenvalue weighted by molar-refractivity contribution is 6.35. The summed E-state index contributed by atoms with van der Waals surface area (Å²) in [5.41, 5.74) is 0.428. The van der Waals surface area contributed by atoms with Gasteiger partial charge in [0.05, 0.1) is 16.8 Å². The van der Waals surface area contributed by atoms with E-state index in [4.69, 9.17) is 28.3 Å². The van der Waals surface area contributed by atoms with Crippen LogP contribution in [0.25, 0.3) is 0 Å². The van der Waals surface area contributed by atoms with Crippen LogP contribution in [0.1, 0.15) is 6.92 Å². The van der Waals surface area contributed by atoms with Crippen molar-refractivity contribution in [2.75, 3.05) is 11.9 Å². The van der Waals surface area contributed by atoms with Gasteiger partial charge in [-0.15, -0.1) is 0 Å². The lowest BCUT2D eigenvalue weighted by molar-refractivity contribution is 0.190. The molecule has 4 nitrogen and oxygen atoms in total. The minimum absolute atomic E-state index is 0.171. The predicted octanol–water partition coefficient (Wildman–Crippen LogP) is 2.50. The summed E-state index contributed by atoms with van der Waals surface area (Å²) in [7, 11) is 0. The van der Waals surface area contributed by atoms with Gasteiger partial charge in [0.25, 0.3) is 0 Å². The maximum absolute atomic E-state index is 11.3. The molecule has 0 radical (unpaired) electrons. The van der Waals surface area contributed by atoms with Gasteiger partial charge in [-0.1, -0.05) is 23.2 Å². The average Bonchev–Trinajstić information content (AvgIpc) is 2.20. The molecule has 16 heavy (non-hydrogen) atoms. The Bertz CT molecular complexity index is 383. The maximum Gasteiger partial charge on any atom is 0.319 e. The molecule has 0 aromatic heterocycles. The zero-order valence-corrected chi connectivity index (χ0v) is 10.1. The fraction of sp³-hybridized carbons (Fsp3) is 0.300. The lowest BCUT2D eigenvalue weighted by Crippen LogP contribution is -2.34. The second kappa shape index (κ2) is 5.94. The fourth-order valence-electron chi connectivity index (χ4n) is 1.00. The van der Waals surface area contributed by atoms with E-state index in [1.54, 1.807) is 25.1 Å². The lowest BCUT2D eigenvalue weighted by Gasteiger charge is -2.10. The van der Waals surface area contributed by atoms with Gasteiger partial charge in [-0.25, -0.2) is 4.79 Å². The third-order valence-corrected chi connectivity index (χ3v) is 2.30. The minimum Gasteiger partial charge on any atom is -0.392 e. The first-order valence-electron chi connectivity index (χ1n) is 4.67. The predicted molar refractivity (Wildman–Crippen MR) is 65.2 cm³/mol. The molecule has 0 spiro atoms. The summed E-state index contributed by atoms with van der Waals surface area (Å²) in [5, 5.41) is 14.9. The smallest absolute Gasteiger partial charge is 0.319 e. The Kier molecular flexibility index (Phi) is 4.86. The number of carbonyl (C=O) groups is 1. The first kappa shape index (κ1) is 13.1.